The van der Waals surface area contributed by atoms with Crippen molar-refractivity contribution in [1.29, 1.82) is 0 Å². The Bertz CT molecular complexity index is 729. The summed E-state index contributed by atoms with van der Waals surface area (Å²) in [5.74, 6) is -2.76. The predicted molar refractivity (Wildman–Crippen MR) is 95.4 cm³/mol. The van der Waals surface area contributed by atoms with Gasteiger partial charge in [-0.25, -0.2) is 8.78 Å². The Hall–Kier alpha value is -1.99. The summed E-state index contributed by atoms with van der Waals surface area (Å²) in [6.45, 7) is 1.99. The van der Waals surface area contributed by atoms with Gasteiger partial charge in [0.15, 0.2) is 0 Å². The minimum absolute atomic E-state index is 0.133. The van der Waals surface area contributed by atoms with Crippen LogP contribution >= 0.6 is 11.6 Å². The van der Waals surface area contributed by atoms with E-state index in [9.17, 15) is 13.6 Å². The molecular weight excluding hydrogens is 362 g/mol. The van der Waals surface area contributed by atoms with Crippen LogP contribution in [0.15, 0.2) is 36.5 Å². The van der Waals surface area contributed by atoms with E-state index < -0.39 is 5.92 Å². The SMILES string of the molecule is O=C(c1ccn[nH]1)N(CCN1CCC(F)(F)CC1)Cc1ccccc1Cl. The van der Waals surface area contributed by atoms with Gasteiger partial charge in [-0.05, 0) is 17.7 Å². The van der Waals surface area contributed by atoms with Gasteiger partial charge in [-0.2, -0.15) is 5.10 Å². The number of hydrogen-bond acceptors (Lipinski definition) is 3. The van der Waals surface area contributed by atoms with Crippen LogP contribution in [0.25, 0.3) is 0 Å². The third-order valence-electron chi connectivity index (χ3n) is 4.61. The average Bonchev–Trinajstić information content (AvgIpc) is 3.15. The Morgan fingerprint density at radius 3 is 2.65 bits per heavy atom. The lowest BCUT2D eigenvalue weighted by Gasteiger charge is -2.33. The Kier molecular flexibility index (Phi) is 5.88. The second-order valence-electron chi connectivity index (χ2n) is 6.49. The van der Waals surface area contributed by atoms with Crippen LogP contribution in [0.2, 0.25) is 5.02 Å². The molecule has 3 rings (SSSR count). The molecule has 26 heavy (non-hydrogen) atoms. The molecule has 1 saturated heterocycles. The molecule has 0 atom stereocenters. The van der Waals surface area contributed by atoms with Crippen LogP contribution < -0.4 is 0 Å². The highest BCUT2D eigenvalue weighted by Crippen LogP contribution is 2.27. The van der Waals surface area contributed by atoms with Crippen LogP contribution in [0.1, 0.15) is 28.9 Å². The van der Waals surface area contributed by atoms with E-state index in [2.05, 4.69) is 10.2 Å². The molecule has 2 heterocycles. The molecule has 0 radical (unpaired) electrons. The molecule has 1 aromatic carbocycles. The number of likely N-dealkylation sites (tertiary alicyclic amines) is 1. The van der Waals surface area contributed by atoms with Crippen LogP contribution in [-0.2, 0) is 6.54 Å². The van der Waals surface area contributed by atoms with Crippen molar-refractivity contribution in [1.82, 2.24) is 20.0 Å². The zero-order valence-corrected chi connectivity index (χ0v) is 15.1. The molecule has 1 aliphatic rings. The molecule has 1 N–H and O–H groups in total. The van der Waals surface area contributed by atoms with E-state index >= 15 is 0 Å². The third-order valence-corrected chi connectivity index (χ3v) is 4.98. The van der Waals surface area contributed by atoms with Crippen molar-refractivity contribution in [2.75, 3.05) is 26.2 Å². The smallest absolute Gasteiger partial charge is 0.272 e. The summed E-state index contributed by atoms with van der Waals surface area (Å²) in [5.41, 5.74) is 1.23. The highest BCUT2D eigenvalue weighted by atomic mass is 35.5. The lowest BCUT2D eigenvalue weighted by molar-refractivity contribution is -0.0558. The van der Waals surface area contributed by atoms with Gasteiger partial charge < -0.3 is 9.80 Å². The molecule has 1 fully saturated rings. The quantitative estimate of drug-likeness (QED) is 0.832. The number of aromatic nitrogens is 2. The second kappa shape index (κ2) is 8.14. The van der Waals surface area contributed by atoms with E-state index in [1.807, 2.05) is 23.1 Å². The zero-order valence-electron chi connectivity index (χ0n) is 14.3. The van der Waals surface area contributed by atoms with Crippen LogP contribution in [0.3, 0.4) is 0 Å². The van der Waals surface area contributed by atoms with Crippen molar-refractivity contribution < 1.29 is 13.6 Å². The van der Waals surface area contributed by atoms with Crippen molar-refractivity contribution in [3.8, 4) is 0 Å². The number of carbonyl (C=O) groups is 1. The highest BCUT2D eigenvalue weighted by Gasteiger charge is 2.34. The summed E-state index contributed by atoms with van der Waals surface area (Å²) >= 11 is 6.23. The van der Waals surface area contributed by atoms with Gasteiger partial charge in [-0.3, -0.25) is 9.89 Å². The first-order valence-corrected chi connectivity index (χ1v) is 8.95. The van der Waals surface area contributed by atoms with Gasteiger partial charge in [0.1, 0.15) is 5.69 Å². The largest absolute Gasteiger partial charge is 0.332 e. The number of halogens is 3. The number of nitrogens with zero attached hydrogens (tertiary/aromatic N) is 3. The maximum Gasteiger partial charge on any atom is 0.272 e. The summed E-state index contributed by atoms with van der Waals surface area (Å²) in [4.78, 5) is 16.4. The van der Waals surface area contributed by atoms with Gasteiger partial charge in [-0.1, -0.05) is 29.8 Å². The molecule has 0 saturated carbocycles. The summed E-state index contributed by atoms with van der Waals surface area (Å²) < 4.78 is 26.6. The van der Waals surface area contributed by atoms with E-state index in [4.69, 9.17) is 11.6 Å². The minimum atomic E-state index is -2.57. The lowest BCUT2D eigenvalue weighted by atomic mass is 10.1. The lowest BCUT2D eigenvalue weighted by Crippen LogP contribution is -2.44. The van der Waals surface area contributed by atoms with Crippen molar-refractivity contribution in [2.45, 2.75) is 25.3 Å². The van der Waals surface area contributed by atoms with Crippen LogP contribution in [0.5, 0.6) is 0 Å². The fourth-order valence-corrected chi connectivity index (χ4v) is 3.19. The van der Waals surface area contributed by atoms with Crippen LogP contribution in [0, 0.1) is 0 Å². The van der Waals surface area contributed by atoms with Crippen molar-refractivity contribution in [2.24, 2.45) is 0 Å². The maximum absolute atomic E-state index is 13.3. The second-order valence-corrected chi connectivity index (χ2v) is 6.89. The van der Waals surface area contributed by atoms with Crippen LogP contribution in [0.4, 0.5) is 8.78 Å². The third kappa shape index (κ3) is 4.80. The minimum Gasteiger partial charge on any atom is -0.332 e. The summed E-state index contributed by atoms with van der Waals surface area (Å²) in [7, 11) is 0. The van der Waals surface area contributed by atoms with Crippen molar-refractivity contribution in [3.05, 3.63) is 52.8 Å². The normalized spacial score (nSPS) is 17.2. The number of aromatic amines is 1. The fourth-order valence-electron chi connectivity index (χ4n) is 3.00. The Morgan fingerprint density at radius 2 is 2.00 bits per heavy atom. The molecule has 1 aromatic heterocycles. The molecule has 1 aliphatic heterocycles. The Labute approximate surface area is 155 Å². The number of nitrogens with one attached hydrogen (secondary N) is 1. The highest BCUT2D eigenvalue weighted by molar-refractivity contribution is 6.31. The first kappa shape index (κ1) is 18.8. The van der Waals surface area contributed by atoms with Crippen LogP contribution in [-0.4, -0.2) is 58.0 Å². The standard InChI is InChI=1S/C18H21ClF2N4O/c19-15-4-2-1-3-14(15)13-25(17(26)16-5-8-22-23-16)12-11-24-9-6-18(20,21)7-10-24/h1-5,8H,6-7,9-13H2,(H,22,23). The van der Waals surface area contributed by atoms with E-state index in [0.717, 1.165) is 5.56 Å². The maximum atomic E-state index is 13.3. The molecular formula is C18H21ClF2N4O. The number of hydrogen-bond donors (Lipinski definition) is 1. The number of alkyl halides is 2. The summed E-state index contributed by atoms with van der Waals surface area (Å²) in [5, 5.41) is 7.09. The molecule has 1 amide bonds. The summed E-state index contributed by atoms with van der Waals surface area (Å²) in [6, 6.07) is 8.97. The molecule has 2 aromatic rings. The van der Waals surface area contributed by atoms with Gasteiger partial charge in [0.25, 0.3) is 11.8 Å². The van der Waals surface area contributed by atoms with Crippen molar-refractivity contribution >= 4 is 17.5 Å². The van der Waals surface area contributed by atoms with E-state index in [-0.39, 0.29) is 18.7 Å². The fraction of sp³-hybridized carbons (Fsp3) is 0.444. The van der Waals surface area contributed by atoms with Gasteiger partial charge in [0.05, 0.1) is 0 Å². The monoisotopic (exact) mass is 382 g/mol. The average molecular weight is 383 g/mol. The molecule has 140 valence electrons. The first-order valence-electron chi connectivity index (χ1n) is 8.57. The number of H-pyrrole nitrogens is 1. The number of amides is 1. The van der Waals surface area contributed by atoms with Gasteiger partial charge in [0.2, 0.25) is 0 Å². The van der Waals surface area contributed by atoms with Gasteiger partial charge in [0, 0.05) is 56.8 Å². The molecule has 0 spiro atoms. The Morgan fingerprint density at radius 1 is 1.27 bits per heavy atom. The molecule has 8 heteroatoms. The van der Waals surface area contributed by atoms with E-state index in [0.29, 0.717) is 43.4 Å². The van der Waals surface area contributed by atoms with E-state index in [1.54, 1.807) is 17.0 Å². The zero-order chi connectivity index (χ0) is 18.6. The number of benzene rings is 1. The Balaban J connectivity index is 1.67. The molecule has 0 aliphatic carbocycles. The summed E-state index contributed by atoms with van der Waals surface area (Å²) in [6.07, 6.45) is 1.26. The number of piperidine rings is 1. The molecule has 0 unspecified atom stereocenters. The molecule has 5 nitrogen and oxygen atoms in total. The van der Waals surface area contributed by atoms with Gasteiger partial charge in [-0.15, -0.1) is 0 Å². The first-order chi connectivity index (χ1) is 12.4. The number of rotatable bonds is 6. The number of carbonyl (C=O) groups excluding carboxylic acids is 1. The van der Waals surface area contributed by atoms with Gasteiger partial charge >= 0.3 is 0 Å². The molecule has 0 bridgehead atoms. The topological polar surface area (TPSA) is 52.2 Å². The van der Waals surface area contributed by atoms with E-state index in [1.165, 1.54) is 6.20 Å². The van der Waals surface area contributed by atoms with Crippen molar-refractivity contribution in [3.63, 3.8) is 0 Å². The predicted octanol–water partition coefficient (Wildman–Crippen LogP) is 3.44.